The molecule has 1 saturated heterocycles. The van der Waals surface area contributed by atoms with Crippen LogP contribution < -0.4 is 10.1 Å². The van der Waals surface area contributed by atoms with Gasteiger partial charge in [0, 0.05) is 56.0 Å². The summed E-state index contributed by atoms with van der Waals surface area (Å²) < 4.78 is 5.55. The van der Waals surface area contributed by atoms with Gasteiger partial charge in [-0.15, -0.1) is 0 Å². The molecule has 0 aliphatic carbocycles. The summed E-state index contributed by atoms with van der Waals surface area (Å²) in [5.74, 6) is 0.0395. The molecule has 2 aliphatic rings. The van der Waals surface area contributed by atoms with Crippen LogP contribution in [0.15, 0.2) is 48.7 Å². The van der Waals surface area contributed by atoms with Crippen molar-refractivity contribution in [3.63, 3.8) is 0 Å². The number of amides is 1. The van der Waals surface area contributed by atoms with Crippen LogP contribution in [0.4, 0.5) is 5.69 Å². The minimum Gasteiger partial charge on any atom is -0.480 e. The van der Waals surface area contributed by atoms with Crippen LogP contribution in [0, 0.1) is 6.92 Å². The van der Waals surface area contributed by atoms with E-state index in [0.717, 1.165) is 30.8 Å². The average Bonchev–Trinajstić information content (AvgIpc) is 3.04. The molecule has 0 saturated carbocycles. The lowest BCUT2D eigenvalue weighted by molar-refractivity contribution is -0.00403. The predicted molar refractivity (Wildman–Crippen MR) is 183 cm³/mol. The molecule has 6 rings (SSSR count). The number of halogens is 2. The van der Waals surface area contributed by atoms with E-state index in [9.17, 15) is 15.0 Å². The molecule has 2 aliphatic heterocycles. The van der Waals surface area contributed by atoms with E-state index in [1.807, 2.05) is 43.3 Å². The molecule has 0 spiro atoms. The van der Waals surface area contributed by atoms with Crippen LogP contribution in [0.2, 0.25) is 10.0 Å². The first-order valence-electron chi connectivity index (χ1n) is 15.7. The number of benzene rings is 2. The zero-order valence-corrected chi connectivity index (χ0v) is 28.1. The summed E-state index contributed by atoms with van der Waals surface area (Å²) in [4.78, 5) is 31.9. The molecule has 0 bridgehead atoms. The maximum absolute atomic E-state index is 13.5. The molecule has 1 atom stereocenters. The van der Waals surface area contributed by atoms with Gasteiger partial charge in [-0.05, 0) is 49.9 Å². The number of fused-ring (bicyclic) bond motifs is 1. The summed E-state index contributed by atoms with van der Waals surface area (Å²) in [5.41, 5.74) is 7.06. The number of rotatable bonds is 10. The Bertz CT molecular complexity index is 1800. The second-order valence-electron chi connectivity index (χ2n) is 12.3. The number of nitrogens with zero attached hydrogens (tertiary/aromatic N) is 5. The topological polar surface area (TPSA) is 124 Å². The van der Waals surface area contributed by atoms with Gasteiger partial charge >= 0.3 is 0 Å². The van der Waals surface area contributed by atoms with Crippen LogP contribution in [0.3, 0.4) is 0 Å². The summed E-state index contributed by atoms with van der Waals surface area (Å²) in [7, 11) is 1.55. The first-order chi connectivity index (χ1) is 22.6. The fourth-order valence-electron chi connectivity index (χ4n) is 6.12. The molecule has 1 amide bonds. The molecule has 1 unspecified atom stereocenters. The van der Waals surface area contributed by atoms with Gasteiger partial charge in [-0.1, -0.05) is 53.5 Å². The zero-order valence-electron chi connectivity index (χ0n) is 26.6. The number of carbonyl (C=O) groups excluding carboxylic acids is 1. The number of β-amino-alcohol motifs (C(OH)–C–C–N with tert-alkyl or cyclic N) is 1. The van der Waals surface area contributed by atoms with Crippen molar-refractivity contribution in [3.8, 4) is 28.3 Å². The first-order valence-corrected chi connectivity index (χ1v) is 16.5. The van der Waals surface area contributed by atoms with Gasteiger partial charge in [0.25, 0.3) is 5.91 Å². The van der Waals surface area contributed by atoms with Crippen molar-refractivity contribution in [1.29, 1.82) is 0 Å². The van der Waals surface area contributed by atoms with Crippen molar-refractivity contribution < 1.29 is 19.7 Å². The highest BCUT2D eigenvalue weighted by Gasteiger charge is 2.27. The Balaban J connectivity index is 1.23. The van der Waals surface area contributed by atoms with Crippen LogP contribution in [0.5, 0.6) is 5.88 Å². The number of hydrogen-bond acceptors (Lipinski definition) is 9. The van der Waals surface area contributed by atoms with Gasteiger partial charge in [-0.3, -0.25) is 19.6 Å². The highest BCUT2D eigenvalue weighted by Crippen LogP contribution is 2.41. The van der Waals surface area contributed by atoms with E-state index in [4.69, 9.17) is 37.9 Å². The second kappa shape index (κ2) is 14.2. The number of anilines is 1. The Kier molecular flexibility index (Phi) is 10.1. The number of aliphatic hydroxyl groups is 2. The lowest BCUT2D eigenvalue weighted by Crippen LogP contribution is -2.50. The highest BCUT2D eigenvalue weighted by atomic mass is 35.5. The van der Waals surface area contributed by atoms with Gasteiger partial charge in [0.2, 0.25) is 5.88 Å². The molecule has 246 valence electrons. The zero-order chi connectivity index (χ0) is 33.2. The summed E-state index contributed by atoms with van der Waals surface area (Å²) in [6.45, 7) is 7.82. The average molecular weight is 678 g/mol. The largest absolute Gasteiger partial charge is 0.480 e. The SMILES string of the molecule is COc1nc(-c2cccc(-c3cccc(NC(=O)c4cc(C)c5c(n4)CN(CCC(C)O)CC5)c3Cl)c2Cl)cnc1CN1CC(O)C1. The second-order valence-corrected chi connectivity index (χ2v) is 13.0. The van der Waals surface area contributed by atoms with E-state index >= 15 is 0 Å². The minimum atomic E-state index is -0.359. The molecule has 12 heteroatoms. The third kappa shape index (κ3) is 7.28. The first kappa shape index (κ1) is 33.3. The summed E-state index contributed by atoms with van der Waals surface area (Å²) >= 11 is 13.9. The Hall–Kier alpha value is -3.64. The van der Waals surface area contributed by atoms with Gasteiger partial charge in [0.1, 0.15) is 11.4 Å². The van der Waals surface area contributed by atoms with E-state index in [0.29, 0.717) is 88.0 Å². The lowest BCUT2D eigenvalue weighted by Gasteiger charge is -2.35. The Labute approximate surface area is 284 Å². The van der Waals surface area contributed by atoms with Crippen molar-refractivity contribution in [3.05, 3.63) is 86.9 Å². The number of aryl methyl sites for hydroxylation is 1. The Morgan fingerprint density at radius 3 is 2.53 bits per heavy atom. The van der Waals surface area contributed by atoms with E-state index in [-0.39, 0.29) is 18.1 Å². The number of hydrogen-bond donors (Lipinski definition) is 3. The third-order valence-corrected chi connectivity index (χ3v) is 9.52. The smallest absolute Gasteiger partial charge is 0.274 e. The molecule has 3 N–H and O–H groups in total. The number of aliphatic hydroxyl groups excluding tert-OH is 2. The van der Waals surface area contributed by atoms with Crippen LogP contribution in [-0.4, -0.2) is 86.4 Å². The standard InChI is InChI=1S/C35H38Cl2N6O4/c1-20-14-28(39-30-18-42(12-10-21(2)44)13-11-23(20)30)34(46)40-27-9-5-7-25(33(27)37)24-6-4-8-26(32(24)36)29-15-38-31(35(41-29)47-3)19-43-16-22(45)17-43/h4-9,14-15,21-22,44-45H,10-13,16-19H2,1-3H3,(H,40,46). The van der Waals surface area contributed by atoms with Crippen molar-refractivity contribution >= 4 is 34.8 Å². The fourth-order valence-corrected chi connectivity index (χ4v) is 6.72. The third-order valence-electron chi connectivity index (χ3n) is 8.71. The van der Waals surface area contributed by atoms with Crippen molar-refractivity contribution in [2.45, 2.75) is 52.0 Å². The van der Waals surface area contributed by atoms with E-state index in [1.165, 1.54) is 5.56 Å². The number of methoxy groups -OCH3 is 1. The highest BCUT2D eigenvalue weighted by molar-refractivity contribution is 6.39. The van der Waals surface area contributed by atoms with Gasteiger partial charge < -0.3 is 20.3 Å². The molecule has 0 radical (unpaired) electrons. The summed E-state index contributed by atoms with van der Waals surface area (Å²) in [5, 5.41) is 23.1. The van der Waals surface area contributed by atoms with Crippen LogP contribution in [-0.2, 0) is 19.5 Å². The number of pyridine rings is 1. The van der Waals surface area contributed by atoms with E-state index in [2.05, 4.69) is 20.1 Å². The Morgan fingerprint density at radius 2 is 1.81 bits per heavy atom. The summed E-state index contributed by atoms with van der Waals surface area (Å²) in [6, 6.07) is 12.8. The van der Waals surface area contributed by atoms with Gasteiger partial charge in [-0.25, -0.2) is 9.97 Å². The maximum atomic E-state index is 13.5. The normalized spacial score (nSPS) is 16.0. The molecular weight excluding hydrogens is 639 g/mol. The fraction of sp³-hybridized carbons (Fsp3) is 0.371. The molecule has 4 heterocycles. The number of nitrogens with one attached hydrogen (secondary N) is 1. The number of carbonyl (C=O) groups is 1. The van der Waals surface area contributed by atoms with Gasteiger partial charge in [0.15, 0.2) is 0 Å². The molecule has 47 heavy (non-hydrogen) atoms. The van der Waals surface area contributed by atoms with E-state index < -0.39 is 0 Å². The molecular formula is C35H38Cl2N6O4. The van der Waals surface area contributed by atoms with Gasteiger partial charge in [-0.2, -0.15) is 0 Å². The van der Waals surface area contributed by atoms with Gasteiger partial charge in [0.05, 0.1) is 52.6 Å². The van der Waals surface area contributed by atoms with Crippen LogP contribution in [0.25, 0.3) is 22.4 Å². The number of ether oxygens (including phenoxy) is 1. The molecule has 10 nitrogen and oxygen atoms in total. The predicted octanol–water partition coefficient (Wildman–Crippen LogP) is 5.39. The van der Waals surface area contributed by atoms with Crippen LogP contribution in [0.1, 0.15) is 46.3 Å². The molecule has 2 aromatic carbocycles. The van der Waals surface area contributed by atoms with Crippen molar-refractivity contribution in [2.24, 2.45) is 0 Å². The minimum absolute atomic E-state index is 0.309. The molecule has 1 fully saturated rings. The number of likely N-dealkylation sites (tertiary alicyclic amines) is 1. The molecule has 4 aromatic rings. The van der Waals surface area contributed by atoms with Crippen molar-refractivity contribution in [1.82, 2.24) is 24.8 Å². The quantitative estimate of drug-likeness (QED) is 0.203. The van der Waals surface area contributed by atoms with Crippen molar-refractivity contribution in [2.75, 3.05) is 38.6 Å². The monoisotopic (exact) mass is 676 g/mol. The molecule has 2 aromatic heterocycles. The number of aromatic nitrogens is 3. The van der Waals surface area contributed by atoms with E-state index in [1.54, 1.807) is 26.3 Å². The lowest BCUT2D eigenvalue weighted by atomic mass is 9.98. The maximum Gasteiger partial charge on any atom is 0.274 e. The summed E-state index contributed by atoms with van der Waals surface area (Å²) in [6.07, 6.45) is 2.54. The van der Waals surface area contributed by atoms with Crippen LogP contribution >= 0.6 is 23.2 Å². The Morgan fingerprint density at radius 1 is 1.09 bits per heavy atom.